The highest BCUT2D eigenvalue weighted by Gasteiger charge is 2.04. The summed E-state index contributed by atoms with van der Waals surface area (Å²) < 4.78 is 0. The monoisotopic (exact) mass is 187 g/mol. The van der Waals surface area contributed by atoms with Crippen molar-refractivity contribution < 1.29 is 4.79 Å². The van der Waals surface area contributed by atoms with Gasteiger partial charge in [-0.2, -0.15) is 0 Å². The SMILES string of the molecule is CC(C)c1ccc2c(C=O)c[nH]c2c1. The fourth-order valence-corrected chi connectivity index (χ4v) is 1.62. The van der Waals surface area contributed by atoms with Gasteiger partial charge in [-0.05, 0) is 17.5 Å². The van der Waals surface area contributed by atoms with Gasteiger partial charge in [0.05, 0.1) is 0 Å². The van der Waals surface area contributed by atoms with Gasteiger partial charge < -0.3 is 4.98 Å². The second kappa shape index (κ2) is 3.29. The molecule has 14 heavy (non-hydrogen) atoms. The third-order valence-corrected chi connectivity index (χ3v) is 2.53. The van der Waals surface area contributed by atoms with Crippen LogP contribution in [0, 0.1) is 0 Å². The number of aromatic nitrogens is 1. The second-order valence-corrected chi connectivity index (χ2v) is 3.82. The number of rotatable bonds is 2. The van der Waals surface area contributed by atoms with Gasteiger partial charge in [-0.1, -0.05) is 26.0 Å². The van der Waals surface area contributed by atoms with Crippen molar-refractivity contribution in [3.05, 3.63) is 35.5 Å². The second-order valence-electron chi connectivity index (χ2n) is 3.82. The number of H-pyrrole nitrogens is 1. The van der Waals surface area contributed by atoms with Crippen LogP contribution in [0.15, 0.2) is 24.4 Å². The molecule has 1 aromatic carbocycles. The molecule has 1 heterocycles. The lowest BCUT2D eigenvalue weighted by Gasteiger charge is -2.04. The maximum absolute atomic E-state index is 10.7. The van der Waals surface area contributed by atoms with Crippen LogP contribution < -0.4 is 0 Å². The molecule has 0 bridgehead atoms. The van der Waals surface area contributed by atoms with Crippen LogP contribution >= 0.6 is 0 Å². The van der Waals surface area contributed by atoms with E-state index in [1.165, 1.54) is 5.56 Å². The maximum Gasteiger partial charge on any atom is 0.152 e. The smallest absolute Gasteiger partial charge is 0.152 e. The molecule has 0 aliphatic rings. The first-order valence-electron chi connectivity index (χ1n) is 4.78. The van der Waals surface area contributed by atoms with Crippen LogP contribution in [0.5, 0.6) is 0 Å². The molecule has 0 fully saturated rings. The van der Waals surface area contributed by atoms with Crippen LogP contribution in [0.2, 0.25) is 0 Å². The summed E-state index contributed by atoms with van der Waals surface area (Å²) in [5.74, 6) is 0.516. The van der Waals surface area contributed by atoms with Crippen molar-refractivity contribution in [2.24, 2.45) is 0 Å². The predicted octanol–water partition coefficient (Wildman–Crippen LogP) is 3.10. The Balaban J connectivity index is 2.63. The van der Waals surface area contributed by atoms with E-state index in [9.17, 15) is 4.79 Å². The van der Waals surface area contributed by atoms with Crippen molar-refractivity contribution in [2.75, 3.05) is 0 Å². The number of aromatic amines is 1. The van der Waals surface area contributed by atoms with Crippen LogP contribution in [0.25, 0.3) is 10.9 Å². The Morgan fingerprint density at radius 1 is 1.36 bits per heavy atom. The van der Waals surface area contributed by atoms with E-state index in [1.807, 2.05) is 6.07 Å². The molecule has 0 saturated heterocycles. The molecule has 0 radical (unpaired) electrons. The molecule has 0 unspecified atom stereocenters. The molecule has 0 aliphatic carbocycles. The lowest BCUT2D eigenvalue weighted by atomic mass is 10.0. The average molecular weight is 187 g/mol. The minimum absolute atomic E-state index is 0.516. The van der Waals surface area contributed by atoms with Crippen LogP contribution in [0.3, 0.4) is 0 Å². The summed E-state index contributed by atoms with van der Waals surface area (Å²) in [5.41, 5.74) is 3.06. The number of hydrogen-bond acceptors (Lipinski definition) is 1. The van der Waals surface area contributed by atoms with Crippen molar-refractivity contribution in [3.8, 4) is 0 Å². The molecule has 72 valence electrons. The van der Waals surface area contributed by atoms with E-state index in [1.54, 1.807) is 6.20 Å². The number of nitrogens with one attached hydrogen (secondary N) is 1. The van der Waals surface area contributed by atoms with E-state index in [0.717, 1.165) is 22.8 Å². The van der Waals surface area contributed by atoms with Gasteiger partial charge in [0.25, 0.3) is 0 Å². The van der Waals surface area contributed by atoms with Crippen molar-refractivity contribution in [3.63, 3.8) is 0 Å². The number of carbonyl (C=O) groups excluding carboxylic acids is 1. The number of aldehydes is 1. The third kappa shape index (κ3) is 1.33. The van der Waals surface area contributed by atoms with Crippen molar-refractivity contribution in [2.45, 2.75) is 19.8 Å². The Hall–Kier alpha value is -1.57. The zero-order valence-electron chi connectivity index (χ0n) is 8.37. The molecule has 0 atom stereocenters. The summed E-state index contributed by atoms with van der Waals surface area (Å²) in [5, 5.41) is 1.00. The van der Waals surface area contributed by atoms with Crippen LogP contribution in [-0.2, 0) is 0 Å². The molecule has 1 aromatic heterocycles. The molecule has 2 rings (SSSR count). The number of fused-ring (bicyclic) bond motifs is 1. The fourth-order valence-electron chi connectivity index (χ4n) is 1.62. The molecule has 0 spiro atoms. The molecule has 1 N–H and O–H groups in total. The van der Waals surface area contributed by atoms with Crippen LogP contribution in [-0.4, -0.2) is 11.3 Å². The first-order valence-corrected chi connectivity index (χ1v) is 4.78. The molecule has 0 saturated carbocycles. The zero-order chi connectivity index (χ0) is 10.1. The molecule has 2 heteroatoms. The fraction of sp³-hybridized carbons (Fsp3) is 0.250. The third-order valence-electron chi connectivity index (χ3n) is 2.53. The quantitative estimate of drug-likeness (QED) is 0.720. The lowest BCUT2D eigenvalue weighted by Crippen LogP contribution is -1.86. The minimum Gasteiger partial charge on any atom is -0.360 e. The maximum atomic E-state index is 10.7. The summed E-state index contributed by atoms with van der Waals surface area (Å²) >= 11 is 0. The van der Waals surface area contributed by atoms with E-state index in [0.29, 0.717) is 5.92 Å². The Kier molecular flexibility index (Phi) is 2.12. The van der Waals surface area contributed by atoms with Gasteiger partial charge in [0.2, 0.25) is 0 Å². The predicted molar refractivity (Wildman–Crippen MR) is 57.8 cm³/mol. The number of benzene rings is 1. The highest BCUT2D eigenvalue weighted by atomic mass is 16.1. The largest absolute Gasteiger partial charge is 0.360 e. The van der Waals surface area contributed by atoms with Crippen molar-refractivity contribution >= 4 is 17.2 Å². The van der Waals surface area contributed by atoms with Gasteiger partial charge in [0.15, 0.2) is 6.29 Å². The summed E-state index contributed by atoms with van der Waals surface area (Å²) in [7, 11) is 0. The van der Waals surface area contributed by atoms with Gasteiger partial charge in [-0.3, -0.25) is 4.79 Å². The van der Waals surface area contributed by atoms with Crippen molar-refractivity contribution in [1.29, 1.82) is 0 Å². The van der Waals surface area contributed by atoms with Crippen molar-refractivity contribution in [1.82, 2.24) is 4.98 Å². The topological polar surface area (TPSA) is 32.9 Å². The molecular weight excluding hydrogens is 174 g/mol. The van der Waals surface area contributed by atoms with Gasteiger partial charge in [0, 0.05) is 22.7 Å². The normalized spacial score (nSPS) is 11.1. The highest BCUT2D eigenvalue weighted by molar-refractivity contribution is 5.97. The Bertz CT molecular complexity index is 468. The Labute approximate surface area is 82.9 Å². The molecular formula is C12H13NO. The first-order chi connectivity index (χ1) is 6.72. The molecule has 2 nitrogen and oxygen atoms in total. The zero-order valence-corrected chi connectivity index (χ0v) is 8.37. The van der Waals surface area contributed by atoms with Crippen LogP contribution in [0.1, 0.15) is 35.7 Å². The minimum atomic E-state index is 0.516. The molecule has 0 amide bonds. The van der Waals surface area contributed by atoms with E-state index in [2.05, 4.69) is 31.0 Å². The summed E-state index contributed by atoms with van der Waals surface area (Å²) in [6.45, 7) is 4.31. The van der Waals surface area contributed by atoms with Gasteiger partial charge >= 0.3 is 0 Å². The highest BCUT2D eigenvalue weighted by Crippen LogP contribution is 2.22. The number of carbonyl (C=O) groups is 1. The Morgan fingerprint density at radius 3 is 2.79 bits per heavy atom. The van der Waals surface area contributed by atoms with Crippen LogP contribution in [0.4, 0.5) is 0 Å². The number of hydrogen-bond donors (Lipinski definition) is 1. The van der Waals surface area contributed by atoms with E-state index < -0.39 is 0 Å². The van der Waals surface area contributed by atoms with E-state index in [-0.39, 0.29) is 0 Å². The standard InChI is InChI=1S/C12H13NO/c1-8(2)9-3-4-11-10(7-14)6-13-12(11)5-9/h3-8,13H,1-2H3. The average Bonchev–Trinajstić information content (AvgIpc) is 2.59. The summed E-state index contributed by atoms with van der Waals surface area (Å²) in [4.78, 5) is 13.8. The van der Waals surface area contributed by atoms with Gasteiger partial charge in [-0.25, -0.2) is 0 Å². The first kappa shape index (κ1) is 9.00. The molecule has 0 aliphatic heterocycles. The van der Waals surface area contributed by atoms with Gasteiger partial charge in [0.1, 0.15) is 0 Å². The Morgan fingerprint density at radius 2 is 2.14 bits per heavy atom. The van der Waals surface area contributed by atoms with E-state index >= 15 is 0 Å². The summed E-state index contributed by atoms with van der Waals surface area (Å²) in [6, 6.07) is 6.19. The van der Waals surface area contributed by atoms with E-state index in [4.69, 9.17) is 0 Å². The molecule has 2 aromatic rings. The van der Waals surface area contributed by atoms with Gasteiger partial charge in [-0.15, -0.1) is 0 Å². The lowest BCUT2D eigenvalue weighted by molar-refractivity contribution is 0.112. The summed E-state index contributed by atoms with van der Waals surface area (Å²) in [6.07, 6.45) is 2.63.